The summed E-state index contributed by atoms with van der Waals surface area (Å²) in [4.78, 5) is 21.5. The molecule has 0 heterocycles. The summed E-state index contributed by atoms with van der Waals surface area (Å²) in [5.41, 5.74) is 0. The van der Waals surface area contributed by atoms with Crippen LogP contribution in [-0.4, -0.2) is 29.2 Å². The molecule has 0 aliphatic heterocycles. The molecule has 1 unspecified atom stereocenters. The predicted octanol–water partition coefficient (Wildman–Crippen LogP) is 1.55. The third-order valence-corrected chi connectivity index (χ3v) is 1.70. The van der Waals surface area contributed by atoms with Crippen molar-refractivity contribution in [1.82, 2.24) is 5.32 Å². The number of aliphatic carboxylic acids is 1. The zero-order valence-electron chi connectivity index (χ0n) is 8.97. The average molecular weight is 241 g/mol. The molecule has 0 radical (unpaired) electrons. The minimum atomic E-state index is -4.62. The molecule has 0 saturated heterocycles. The van der Waals surface area contributed by atoms with E-state index in [-0.39, 0.29) is 12.3 Å². The maximum Gasteiger partial charge on any atom is 0.397 e. The zero-order chi connectivity index (χ0) is 12.9. The largest absolute Gasteiger partial charge is 0.480 e. The molecule has 0 bridgehead atoms. The van der Waals surface area contributed by atoms with Crippen molar-refractivity contribution in [2.75, 3.05) is 0 Å². The lowest BCUT2D eigenvalue weighted by molar-refractivity contribution is -0.157. The van der Waals surface area contributed by atoms with Crippen molar-refractivity contribution in [1.29, 1.82) is 0 Å². The van der Waals surface area contributed by atoms with Crippen LogP contribution in [0.3, 0.4) is 0 Å². The Morgan fingerprint density at radius 1 is 1.31 bits per heavy atom. The zero-order valence-corrected chi connectivity index (χ0v) is 8.97. The van der Waals surface area contributed by atoms with E-state index >= 15 is 0 Å². The van der Waals surface area contributed by atoms with Crippen LogP contribution in [0, 0.1) is 5.92 Å². The maximum atomic E-state index is 11.8. The van der Waals surface area contributed by atoms with Gasteiger partial charge in [0.05, 0.1) is 0 Å². The van der Waals surface area contributed by atoms with Gasteiger partial charge in [-0.25, -0.2) is 4.79 Å². The SMILES string of the molecule is CC(C)CC(NC(=O)CC(F)(F)F)C(=O)O. The molecule has 7 heteroatoms. The molecule has 2 N–H and O–H groups in total. The summed E-state index contributed by atoms with van der Waals surface area (Å²) in [7, 11) is 0. The molecule has 94 valence electrons. The summed E-state index contributed by atoms with van der Waals surface area (Å²) in [5.74, 6) is -2.68. The molecule has 0 fully saturated rings. The van der Waals surface area contributed by atoms with Crippen LogP contribution >= 0.6 is 0 Å². The van der Waals surface area contributed by atoms with Crippen LogP contribution in [0.4, 0.5) is 13.2 Å². The highest BCUT2D eigenvalue weighted by molar-refractivity contribution is 5.83. The van der Waals surface area contributed by atoms with Gasteiger partial charge >= 0.3 is 12.1 Å². The van der Waals surface area contributed by atoms with E-state index in [1.807, 2.05) is 5.32 Å². The smallest absolute Gasteiger partial charge is 0.397 e. The quantitative estimate of drug-likeness (QED) is 0.767. The first kappa shape index (κ1) is 14.7. The predicted molar refractivity (Wildman–Crippen MR) is 49.7 cm³/mol. The lowest BCUT2D eigenvalue weighted by Crippen LogP contribution is -2.43. The number of hydrogen-bond donors (Lipinski definition) is 2. The molecule has 0 aliphatic rings. The van der Waals surface area contributed by atoms with Gasteiger partial charge in [0, 0.05) is 0 Å². The Labute approximate surface area is 90.8 Å². The second kappa shape index (κ2) is 5.72. The molecular formula is C9H14F3NO3. The third-order valence-electron chi connectivity index (χ3n) is 1.70. The number of carboxylic acids is 1. The normalized spacial score (nSPS) is 13.6. The van der Waals surface area contributed by atoms with Gasteiger partial charge in [0.2, 0.25) is 5.91 Å². The standard InChI is InChI=1S/C9H14F3NO3/c1-5(2)3-6(8(15)16)13-7(14)4-9(10,11)12/h5-6H,3-4H2,1-2H3,(H,13,14)(H,15,16). The van der Waals surface area contributed by atoms with E-state index in [0.717, 1.165) is 0 Å². The van der Waals surface area contributed by atoms with Crippen molar-refractivity contribution in [3.8, 4) is 0 Å². The van der Waals surface area contributed by atoms with Crippen molar-refractivity contribution < 1.29 is 27.9 Å². The van der Waals surface area contributed by atoms with Gasteiger partial charge in [-0.1, -0.05) is 13.8 Å². The van der Waals surface area contributed by atoms with Crippen molar-refractivity contribution in [2.24, 2.45) is 5.92 Å². The van der Waals surface area contributed by atoms with Gasteiger partial charge in [-0.2, -0.15) is 13.2 Å². The molecule has 0 rings (SSSR count). The first-order valence-corrected chi connectivity index (χ1v) is 4.70. The van der Waals surface area contributed by atoms with Gasteiger partial charge in [-0.15, -0.1) is 0 Å². The Kier molecular flexibility index (Phi) is 5.26. The second-order valence-electron chi connectivity index (χ2n) is 3.88. The Hall–Kier alpha value is -1.27. The minimum absolute atomic E-state index is 0.0349. The highest BCUT2D eigenvalue weighted by Gasteiger charge is 2.33. The van der Waals surface area contributed by atoms with Crippen LogP contribution in [-0.2, 0) is 9.59 Å². The maximum absolute atomic E-state index is 11.8. The Morgan fingerprint density at radius 2 is 1.81 bits per heavy atom. The van der Waals surface area contributed by atoms with Gasteiger partial charge in [0.15, 0.2) is 0 Å². The Bertz CT molecular complexity index is 263. The molecule has 0 spiro atoms. The van der Waals surface area contributed by atoms with E-state index in [9.17, 15) is 22.8 Å². The molecule has 0 aromatic rings. The van der Waals surface area contributed by atoms with Crippen LogP contribution in [0.5, 0.6) is 0 Å². The molecule has 0 saturated carbocycles. The highest BCUT2D eigenvalue weighted by Crippen LogP contribution is 2.19. The van der Waals surface area contributed by atoms with Gasteiger partial charge in [-0.3, -0.25) is 4.79 Å². The summed E-state index contributed by atoms with van der Waals surface area (Å²) >= 11 is 0. The number of halogens is 3. The Morgan fingerprint density at radius 3 is 2.12 bits per heavy atom. The summed E-state index contributed by atoms with van der Waals surface area (Å²) in [6.07, 6.45) is -6.18. The number of nitrogens with one attached hydrogen (secondary N) is 1. The summed E-state index contributed by atoms with van der Waals surface area (Å²) in [6, 6.07) is -1.27. The molecular weight excluding hydrogens is 227 g/mol. The van der Waals surface area contributed by atoms with E-state index in [1.54, 1.807) is 13.8 Å². The summed E-state index contributed by atoms with van der Waals surface area (Å²) in [6.45, 7) is 3.43. The number of carboxylic acid groups (broad SMARTS) is 1. The van der Waals surface area contributed by atoms with Crippen LogP contribution in [0.2, 0.25) is 0 Å². The van der Waals surface area contributed by atoms with Gasteiger partial charge in [-0.05, 0) is 12.3 Å². The Balaban J connectivity index is 4.30. The van der Waals surface area contributed by atoms with Crippen molar-refractivity contribution in [2.45, 2.75) is 38.9 Å². The van der Waals surface area contributed by atoms with Crippen molar-refractivity contribution >= 4 is 11.9 Å². The molecule has 0 aromatic heterocycles. The summed E-state index contributed by atoms with van der Waals surface area (Å²) < 4.78 is 35.4. The second-order valence-corrected chi connectivity index (χ2v) is 3.88. The number of alkyl halides is 3. The van der Waals surface area contributed by atoms with E-state index in [1.165, 1.54) is 0 Å². The number of rotatable bonds is 5. The molecule has 1 amide bonds. The van der Waals surface area contributed by atoms with Crippen molar-refractivity contribution in [3.63, 3.8) is 0 Å². The first-order chi connectivity index (χ1) is 7.11. The third kappa shape index (κ3) is 7.08. The molecule has 1 atom stereocenters. The van der Waals surface area contributed by atoms with Crippen LogP contribution in [0.25, 0.3) is 0 Å². The average Bonchev–Trinajstić information content (AvgIpc) is 1.97. The molecule has 4 nitrogen and oxygen atoms in total. The van der Waals surface area contributed by atoms with Gasteiger partial charge in [0.1, 0.15) is 12.5 Å². The van der Waals surface area contributed by atoms with Gasteiger partial charge < -0.3 is 10.4 Å². The van der Waals surface area contributed by atoms with E-state index in [2.05, 4.69) is 0 Å². The molecule has 0 aromatic carbocycles. The lowest BCUT2D eigenvalue weighted by atomic mass is 10.0. The summed E-state index contributed by atoms with van der Waals surface area (Å²) in [5, 5.41) is 10.5. The van der Waals surface area contributed by atoms with E-state index in [4.69, 9.17) is 5.11 Å². The number of amides is 1. The lowest BCUT2D eigenvalue weighted by Gasteiger charge is -2.16. The fraction of sp³-hybridized carbons (Fsp3) is 0.778. The van der Waals surface area contributed by atoms with E-state index in [0.29, 0.717) is 0 Å². The number of hydrogen-bond acceptors (Lipinski definition) is 2. The monoisotopic (exact) mass is 241 g/mol. The van der Waals surface area contributed by atoms with Crippen LogP contribution in [0.15, 0.2) is 0 Å². The first-order valence-electron chi connectivity index (χ1n) is 4.70. The van der Waals surface area contributed by atoms with Gasteiger partial charge in [0.25, 0.3) is 0 Å². The minimum Gasteiger partial charge on any atom is -0.480 e. The number of carbonyl (C=O) groups excluding carboxylic acids is 1. The van der Waals surface area contributed by atoms with E-state index < -0.39 is 30.5 Å². The number of carbonyl (C=O) groups is 2. The highest BCUT2D eigenvalue weighted by atomic mass is 19.4. The van der Waals surface area contributed by atoms with Crippen molar-refractivity contribution in [3.05, 3.63) is 0 Å². The fourth-order valence-electron chi connectivity index (χ4n) is 1.12. The van der Waals surface area contributed by atoms with Crippen LogP contribution in [0.1, 0.15) is 26.7 Å². The fourth-order valence-corrected chi connectivity index (χ4v) is 1.12. The van der Waals surface area contributed by atoms with Crippen LogP contribution < -0.4 is 5.32 Å². The molecule has 16 heavy (non-hydrogen) atoms. The molecule has 0 aliphatic carbocycles. The topological polar surface area (TPSA) is 66.4 Å².